The summed E-state index contributed by atoms with van der Waals surface area (Å²) in [6, 6.07) is -0.902. The van der Waals surface area contributed by atoms with E-state index in [0.717, 1.165) is 37.0 Å². The largest absolute Gasteiger partial charge is 0.480 e. The summed E-state index contributed by atoms with van der Waals surface area (Å²) in [5, 5.41) is 9.20. The summed E-state index contributed by atoms with van der Waals surface area (Å²) in [5.74, 6) is -1.99. The highest BCUT2D eigenvalue weighted by atomic mass is 16.4. The van der Waals surface area contributed by atoms with Gasteiger partial charge in [-0.3, -0.25) is 14.5 Å². The van der Waals surface area contributed by atoms with Crippen LogP contribution in [0.25, 0.3) is 0 Å². The minimum absolute atomic E-state index is 0.0146. The van der Waals surface area contributed by atoms with E-state index in [9.17, 15) is 19.5 Å². The lowest BCUT2D eigenvalue weighted by Gasteiger charge is -2.23. The van der Waals surface area contributed by atoms with E-state index in [1.54, 1.807) is 0 Å². The molecule has 1 N–H and O–H groups in total. The number of fused-ring (bicyclic) bond motifs is 1. The maximum atomic E-state index is 12.1. The van der Waals surface area contributed by atoms with Gasteiger partial charge in [-0.15, -0.1) is 0 Å². The molecule has 0 spiro atoms. The summed E-state index contributed by atoms with van der Waals surface area (Å²) in [6.07, 6.45) is 4.00. The van der Waals surface area contributed by atoms with E-state index in [1.165, 1.54) is 0 Å². The Morgan fingerprint density at radius 3 is 2.06 bits per heavy atom. The zero-order valence-corrected chi connectivity index (χ0v) is 9.46. The van der Waals surface area contributed by atoms with Crippen LogP contribution in [0.2, 0.25) is 0 Å². The zero-order valence-electron chi connectivity index (χ0n) is 9.46. The van der Waals surface area contributed by atoms with E-state index in [1.807, 2.05) is 0 Å². The van der Waals surface area contributed by atoms with Crippen molar-refractivity contribution in [2.75, 3.05) is 0 Å². The highest BCUT2D eigenvalue weighted by molar-refractivity contribution is 6.08. The van der Waals surface area contributed by atoms with Crippen molar-refractivity contribution in [2.24, 2.45) is 17.8 Å². The number of aliphatic carboxylic acids is 1. The smallest absolute Gasteiger partial charge is 0.327 e. The first-order valence-corrected chi connectivity index (χ1v) is 6.21. The van der Waals surface area contributed by atoms with Crippen LogP contribution in [-0.4, -0.2) is 33.8 Å². The highest BCUT2D eigenvalue weighted by Crippen LogP contribution is 2.44. The normalized spacial score (nSPS) is 34.0. The van der Waals surface area contributed by atoms with Crippen molar-refractivity contribution >= 4 is 17.8 Å². The Bertz CT molecular complexity index is 379. The fourth-order valence-corrected chi connectivity index (χ4v) is 3.23. The average molecular weight is 237 g/mol. The number of carboxylic acids is 1. The van der Waals surface area contributed by atoms with Crippen LogP contribution in [0.3, 0.4) is 0 Å². The Labute approximate surface area is 98.8 Å². The first-order chi connectivity index (χ1) is 8.11. The summed E-state index contributed by atoms with van der Waals surface area (Å²) in [7, 11) is 0. The van der Waals surface area contributed by atoms with Crippen LogP contribution in [0.5, 0.6) is 0 Å². The number of imide groups is 1. The van der Waals surface area contributed by atoms with Crippen LogP contribution in [0, 0.1) is 17.8 Å². The molecule has 5 nitrogen and oxygen atoms in total. The van der Waals surface area contributed by atoms with Gasteiger partial charge in [-0.05, 0) is 31.6 Å². The molecule has 1 heterocycles. The van der Waals surface area contributed by atoms with Crippen LogP contribution < -0.4 is 0 Å². The third-order valence-electron chi connectivity index (χ3n) is 4.22. The summed E-state index contributed by atoms with van der Waals surface area (Å²) < 4.78 is 0. The molecule has 0 aromatic heterocycles. The summed E-state index contributed by atoms with van der Waals surface area (Å²) in [4.78, 5) is 36.5. The number of amides is 2. The molecule has 17 heavy (non-hydrogen) atoms. The van der Waals surface area contributed by atoms with Crippen LogP contribution in [0.4, 0.5) is 0 Å². The molecule has 0 aromatic rings. The average Bonchev–Trinajstić information content (AvgIpc) is 2.92. The predicted molar refractivity (Wildman–Crippen MR) is 56.8 cm³/mol. The van der Waals surface area contributed by atoms with Crippen molar-refractivity contribution in [1.82, 2.24) is 4.90 Å². The standard InChI is InChI=1S/C12H15NO4/c14-10-7-2-1-3-8(7)11(15)13(10)9(12(16)17)6-4-5-6/h6-9H,1-5H2,(H,16,17). The maximum absolute atomic E-state index is 12.1. The topological polar surface area (TPSA) is 74.7 Å². The molecule has 1 saturated heterocycles. The molecule has 3 fully saturated rings. The minimum atomic E-state index is -1.03. The number of carboxylic acid groups (broad SMARTS) is 1. The van der Waals surface area contributed by atoms with Crippen LogP contribution >= 0.6 is 0 Å². The van der Waals surface area contributed by atoms with Gasteiger partial charge in [0.25, 0.3) is 0 Å². The molecular formula is C12H15NO4. The molecule has 2 saturated carbocycles. The third kappa shape index (κ3) is 1.48. The molecule has 5 heteroatoms. The van der Waals surface area contributed by atoms with Gasteiger partial charge in [0, 0.05) is 0 Å². The van der Waals surface area contributed by atoms with Gasteiger partial charge in [-0.2, -0.15) is 0 Å². The van der Waals surface area contributed by atoms with E-state index >= 15 is 0 Å². The third-order valence-corrected chi connectivity index (χ3v) is 4.22. The van der Waals surface area contributed by atoms with Crippen molar-refractivity contribution < 1.29 is 19.5 Å². The van der Waals surface area contributed by atoms with Gasteiger partial charge >= 0.3 is 5.97 Å². The molecule has 3 rings (SSSR count). The Kier molecular flexibility index (Phi) is 2.24. The van der Waals surface area contributed by atoms with Crippen molar-refractivity contribution in [3.05, 3.63) is 0 Å². The van der Waals surface area contributed by atoms with Gasteiger partial charge in [-0.1, -0.05) is 6.42 Å². The van der Waals surface area contributed by atoms with Gasteiger partial charge in [-0.25, -0.2) is 4.79 Å². The molecular weight excluding hydrogens is 222 g/mol. The quantitative estimate of drug-likeness (QED) is 0.731. The van der Waals surface area contributed by atoms with Crippen LogP contribution in [0.1, 0.15) is 32.1 Å². The number of nitrogens with zero attached hydrogens (tertiary/aromatic N) is 1. The van der Waals surface area contributed by atoms with Crippen LogP contribution in [-0.2, 0) is 14.4 Å². The predicted octanol–water partition coefficient (Wildman–Crippen LogP) is 0.635. The molecule has 3 atom stereocenters. The number of likely N-dealkylation sites (tertiary alicyclic amines) is 1. The van der Waals surface area contributed by atoms with Gasteiger partial charge in [0.05, 0.1) is 11.8 Å². The van der Waals surface area contributed by atoms with E-state index < -0.39 is 12.0 Å². The van der Waals surface area contributed by atoms with Crippen molar-refractivity contribution in [3.8, 4) is 0 Å². The van der Waals surface area contributed by atoms with E-state index in [2.05, 4.69) is 0 Å². The second-order valence-corrected chi connectivity index (χ2v) is 5.31. The van der Waals surface area contributed by atoms with Gasteiger partial charge in [0.15, 0.2) is 0 Å². The lowest BCUT2D eigenvalue weighted by atomic mass is 10.00. The Balaban J connectivity index is 1.89. The molecule has 0 bridgehead atoms. The second-order valence-electron chi connectivity index (χ2n) is 5.31. The Hall–Kier alpha value is -1.39. The molecule has 3 aliphatic rings. The number of carbonyl (C=O) groups excluding carboxylic acids is 2. The molecule has 1 aliphatic heterocycles. The van der Waals surface area contributed by atoms with Gasteiger partial charge in [0.1, 0.15) is 6.04 Å². The molecule has 2 aliphatic carbocycles. The Morgan fingerprint density at radius 2 is 1.65 bits per heavy atom. The van der Waals surface area contributed by atoms with Crippen molar-refractivity contribution in [3.63, 3.8) is 0 Å². The molecule has 0 aromatic carbocycles. The SMILES string of the molecule is O=C(O)C(C1CC1)N1C(=O)C2CCCC2C1=O. The molecule has 2 amide bonds. The maximum Gasteiger partial charge on any atom is 0.327 e. The van der Waals surface area contributed by atoms with Gasteiger partial charge < -0.3 is 5.11 Å². The first-order valence-electron chi connectivity index (χ1n) is 6.21. The fraction of sp³-hybridized carbons (Fsp3) is 0.750. The number of carbonyl (C=O) groups is 3. The first kappa shape index (κ1) is 10.7. The molecule has 3 unspecified atom stereocenters. The fourth-order valence-electron chi connectivity index (χ4n) is 3.23. The number of hydrogen-bond donors (Lipinski definition) is 1. The minimum Gasteiger partial charge on any atom is -0.480 e. The van der Waals surface area contributed by atoms with Crippen molar-refractivity contribution in [2.45, 2.75) is 38.1 Å². The summed E-state index contributed by atoms with van der Waals surface area (Å²) in [6.45, 7) is 0. The molecule has 0 radical (unpaired) electrons. The second kappa shape index (κ2) is 3.55. The number of hydrogen-bond acceptors (Lipinski definition) is 3. The highest BCUT2D eigenvalue weighted by Gasteiger charge is 2.56. The monoisotopic (exact) mass is 237 g/mol. The zero-order chi connectivity index (χ0) is 12.2. The van der Waals surface area contributed by atoms with E-state index in [-0.39, 0.29) is 29.6 Å². The summed E-state index contributed by atoms with van der Waals surface area (Å²) >= 11 is 0. The van der Waals surface area contributed by atoms with Gasteiger partial charge in [0.2, 0.25) is 11.8 Å². The molecule has 92 valence electrons. The lowest BCUT2D eigenvalue weighted by molar-refractivity contribution is -0.156. The van der Waals surface area contributed by atoms with E-state index in [4.69, 9.17) is 0 Å². The van der Waals surface area contributed by atoms with E-state index in [0.29, 0.717) is 0 Å². The summed E-state index contributed by atoms with van der Waals surface area (Å²) in [5.41, 5.74) is 0. The Morgan fingerprint density at radius 1 is 1.12 bits per heavy atom. The van der Waals surface area contributed by atoms with Crippen molar-refractivity contribution in [1.29, 1.82) is 0 Å². The lowest BCUT2D eigenvalue weighted by Crippen LogP contribution is -2.47. The van der Waals surface area contributed by atoms with Crippen LogP contribution in [0.15, 0.2) is 0 Å². The number of rotatable bonds is 3.